The minimum absolute atomic E-state index is 0.00363. The molecule has 1 saturated carbocycles. The molecule has 0 spiro atoms. The van der Waals surface area contributed by atoms with Crippen molar-refractivity contribution in [1.82, 2.24) is 15.7 Å². The largest absolute Gasteiger partial charge is 0.458 e. The summed E-state index contributed by atoms with van der Waals surface area (Å²) in [7, 11) is 0. The molecular formula is C31H41N3O14. The van der Waals surface area contributed by atoms with Crippen molar-refractivity contribution in [2.75, 3.05) is 39.7 Å². The summed E-state index contributed by atoms with van der Waals surface area (Å²) in [6.45, 7) is -0.512. The number of fused-ring (bicyclic) bond motifs is 4. The molecule has 4 saturated heterocycles. The Morgan fingerprint density at radius 3 is 2.54 bits per heavy atom. The van der Waals surface area contributed by atoms with E-state index in [4.69, 9.17) is 33.6 Å². The van der Waals surface area contributed by atoms with Crippen LogP contribution in [0.3, 0.4) is 0 Å². The molecule has 7 N–H and O–H groups in total. The second kappa shape index (κ2) is 14.8. The molecule has 4 aliphatic heterocycles. The fourth-order valence-corrected chi connectivity index (χ4v) is 7.02. The molecule has 1 aliphatic carbocycles. The molecule has 17 heteroatoms. The summed E-state index contributed by atoms with van der Waals surface area (Å²) in [5.74, 6) is -1.39. The van der Waals surface area contributed by atoms with Gasteiger partial charge in [-0.05, 0) is 11.1 Å². The van der Waals surface area contributed by atoms with Gasteiger partial charge in [-0.25, -0.2) is 0 Å². The molecule has 4 heterocycles. The molecule has 5 fully saturated rings. The van der Waals surface area contributed by atoms with Crippen LogP contribution in [0.4, 0.5) is 0 Å². The summed E-state index contributed by atoms with van der Waals surface area (Å²) in [6, 6.07) is 6.23. The summed E-state index contributed by atoms with van der Waals surface area (Å²) >= 11 is 0. The molecule has 1 aromatic rings. The monoisotopic (exact) mass is 679 g/mol. The molecule has 0 radical (unpaired) electrons. The Bertz CT molecular complexity index is 1350. The first-order valence-electron chi connectivity index (χ1n) is 15.9. The summed E-state index contributed by atoms with van der Waals surface area (Å²) in [4.78, 5) is 45.7. The van der Waals surface area contributed by atoms with E-state index in [1.165, 1.54) is 5.06 Å². The molecule has 1 aromatic carbocycles. The summed E-state index contributed by atoms with van der Waals surface area (Å²) in [5, 5.41) is 55.0. The molecular weight excluding hydrogens is 638 g/mol. The molecule has 2 bridgehead atoms. The third-order valence-electron chi connectivity index (χ3n) is 9.40. The van der Waals surface area contributed by atoms with E-state index in [1.54, 1.807) is 12.2 Å². The maximum atomic E-state index is 13.9. The van der Waals surface area contributed by atoms with Crippen LogP contribution >= 0.6 is 0 Å². The van der Waals surface area contributed by atoms with E-state index < -0.39 is 85.1 Å². The smallest absolute Gasteiger partial charge is 0.327 e. The van der Waals surface area contributed by atoms with Crippen LogP contribution < -0.4 is 10.6 Å². The molecule has 11 atom stereocenters. The number of hydrogen-bond acceptors (Lipinski definition) is 15. The number of nitrogens with one attached hydrogen (secondary N) is 2. The minimum Gasteiger partial charge on any atom is -0.458 e. The second-order valence-corrected chi connectivity index (χ2v) is 12.4. The molecule has 264 valence electrons. The van der Waals surface area contributed by atoms with Crippen LogP contribution in [-0.2, 0) is 49.5 Å². The van der Waals surface area contributed by atoms with Crippen LogP contribution in [0.1, 0.15) is 24.0 Å². The molecule has 17 nitrogen and oxygen atoms in total. The van der Waals surface area contributed by atoms with Crippen molar-refractivity contribution in [3.05, 3.63) is 41.5 Å². The Hall–Kier alpha value is -3.07. The molecule has 6 rings (SSSR count). The topological polar surface area (TPSA) is 235 Å². The maximum absolute atomic E-state index is 13.9. The molecule has 0 aromatic heterocycles. The van der Waals surface area contributed by atoms with Crippen molar-refractivity contribution in [3.8, 4) is 0 Å². The van der Waals surface area contributed by atoms with E-state index >= 15 is 0 Å². The first-order chi connectivity index (χ1) is 23.2. The normalized spacial score (nSPS) is 37.3. The first-order valence-corrected chi connectivity index (χ1v) is 15.9. The van der Waals surface area contributed by atoms with Gasteiger partial charge < -0.3 is 59.9 Å². The lowest BCUT2D eigenvalue weighted by Gasteiger charge is -2.48. The van der Waals surface area contributed by atoms with Crippen molar-refractivity contribution in [1.29, 1.82) is 0 Å². The van der Waals surface area contributed by atoms with Gasteiger partial charge in [0.15, 0.2) is 12.3 Å². The lowest BCUT2D eigenvalue weighted by atomic mass is 9.62. The Kier molecular flexibility index (Phi) is 10.7. The van der Waals surface area contributed by atoms with E-state index in [1.807, 2.05) is 24.3 Å². The summed E-state index contributed by atoms with van der Waals surface area (Å²) in [5.41, 5.74) is 0.222. The highest BCUT2D eigenvalue weighted by atomic mass is 16.8. The summed E-state index contributed by atoms with van der Waals surface area (Å²) in [6.07, 6.45) is -6.00. The first kappa shape index (κ1) is 34.8. The SMILES string of the molecule is O=C(CCNC(=O)C12CC3OC(=O)C1N(Cc1ccc(C=CCOC4OC(CO)C(O)C(O)C4O)cc1)OC2C1OCOC31)NCCO. The van der Waals surface area contributed by atoms with Crippen molar-refractivity contribution < 1.29 is 68.4 Å². The van der Waals surface area contributed by atoms with Crippen molar-refractivity contribution in [2.24, 2.45) is 5.41 Å². The van der Waals surface area contributed by atoms with Gasteiger partial charge in [0.2, 0.25) is 11.8 Å². The standard InChI is InChI=1S/C31H41N3O14/c35-10-9-32-20(37)7-8-33-30(42)31-12-18-24-25(45-15-44-24)27(31)48-34(26(31)28(41)46-18)13-17-5-3-16(4-6-17)2-1-11-43-29-23(40)22(39)21(38)19(14-36)47-29/h1-6,18-19,21-27,29,35-36,38-40H,7-15H2,(H,32,37)(H,33,42). The van der Waals surface area contributed by atoms with Crippen LogP contribution in [0.25, 0.3) is 6.08 Å². The Morgan fingerprint density at radius 2 is 1.79 bits per heavy atom. The quantitative estimate of drug-likeness (QED) is 0.101. The lowest BCUT2D eigenvalue weighted by molar-refractivity contribution is -0.298. The fraction of sp³-hybridized carbons (Fsp3) is 0.645. The number of rotatable bonds is 13. The summed E-state index contributed by atoms with van der Waals surface area (Å²) < 4.78 is 28.1. The van der Waals surface area contributed by atoms with E-state index in [0.717, 1.165) is 11.1 Å². The molecule has 5 aliphatic rings. The maximum Gasteiger partial charge on any atom is 0.327 e. The molecule has 11 unspecified atom stereocenters. The van der Waals surface area contributed by atoms with E-state index in [-0.39, 0.29) is 58.4 Å². The second-order valence-electron chi connectivity index (χ2n) is 12.4. The molecule has 48 heavy (non-hydrogen) atoms. The van der Waals surface area contributed by atoms with Gasteiger partial charge in [-0.15, -0.1) is 0 Å². The van der Waals surface area contributed by atoms with Crippen molar-refractivity contribution in [3.63, 3.8) is 0 Å². The van der Waals surface area contributed by atoms with Gasteiger partial charge >= 0.3 is 5.97 Å². The van der Waals surface area contributed by atoms with Crippen molar-refractivity contribution in [2.45, 2.75) is 80.5 Å². The van der Waals surface area contributed by atoms with Gasteiger partial charge in [-0.1, -0.05) is 36.4 Å². The number of ether oxygens (including phenoxy) is 5. The highest BCUT2D eigenvalue weighted by Gasteiger charge is 2.74. The number of esters is 1. The number of benzene rings is 1. The van der Waals surface area contributed by atoms with E-state index in [0.29, 0.717) is 0 Å². The lowest BCUT2D eigenvalue weighted by Crippen LogP contribution is -2.69. The zero-order chi connectivity index (χ0) is 34.0. The Morgan fingerprint density at radius 1 is 1.02 bits per heavy atom. The van der Waals surface area contributed by atoms with Crippen LogP contribution in [0.15, 0.2) is 30.3 Å². The number of nitrogens with zero attached hydrogens (tertiary/aromatic N) is 1. The van der Waals surface area contributed by atoms with Crippen molar-refractivity contribution >= 4 is 23.9 Å². The number of hydrogen-bond donors (Lipinski definition) is 7. The Labute approximate surface area is 275 Å². The Balaban J connectivity index is 1.10. The highest BCUT2D eigenvalue weighted by Crippen LogP contribution is 2.55. The number of amides is 2. The number of carbonyl (C=O) groups is 3. The average molecular weight is 680 g/mol. The van der Waals surface area contributed by atoms with E-state index in [2.05, 4.69) is 10.6 Å². The van der Waals surface area contributed by atoms with E-state index in [9.17, 15) is 34.8 Å². The van der Waals surface area contributed by atoms with Gasteiger partial charge in [-0.3, -0.25) is 19.2 Å². The number of aliphatic hydroxyl groups is 5. The van der Waals surface area contributed by atoms with Gasteiger partial charge in [0.05, 0.1) is 26.4 Å². The van der Waals surface area contributed by atoms with Crippen LogP contribution in [0.2, 0.25) is 0 Å². The fourth-order valence-electron chi connectivity index (χ4n) is 7.02. The zero-order valence-electron chi connectivity index (χ0n) is 26.0. The minimum atomic E-state index is -1.53. The van der Waals surface area contributed by atoms with Gasteiger partial charge in [0.25, 0.3) is 0 Å². The third-order valence-corrected chi connectivity index (χ3v) is 9.40. The van der Waals surface area contributed by atoms with Gasteiger partial charge in [0.1, 0.15) is 61.0 Å². The third kappa shape index (κ3) is 6.60. The molecule has 2 amide bonds. The zero-order valence-corrected chi connectivity index (χ0v) is 26.0. The van der Waals surface area contributed by atoms with Gasteiger partial charge in [-0.2, -0.15) is 5.06 Å². The van der Waals surface area contributed by atoms with Crippen LogP contribution in [0.5, 0.6) is 0 Å². The number of aliphatic hydroxyl groups excluding tert-OH is 5. The highest BCUT2D eigenvalue weighted by molar-refractivity contribution is 5.93. The van der Waals surface area contributed by atoms with Crippen LogP contribution in [-0.4, -0.2) is 149 Å². The predicted molar refractivity (Wildman–Crippen MR) is 159 cm³/mol. The number of carbonyl (C=O) groups excluding carboxylic acids is 3. The predicted octanol–water partition coefficient (Wildman–Crippen LogP) is -3.33. The number of hydroxylamine groups is 2. The van der Waals surface area contributed by atoms with Crippen LogP contribution in [0, 0.1) is 5.41 Å². The average Bonchev–Trinajstić information content (AvgIpc) is 3.71. The van der Waals surface area contributed by atoms with Gasteiger partial charge in [0, 0.05) is 25.9 Å².